The SMILES string of the molecule is CSCCCN(C)c1cc(Cl)ccc1N. The van der Waals surface area contributed by atoms with E-state index in [9.17, 15) is 0 Å². The lowest BCUT2D eigenvalue weighted by molar-refractivity contribution is 0.861. The molecule has 0 radical (unpaired) electrons. The summed E-state index contributed by atoms with van der Waals surface area (Å²) in [7, 11) is 2.04. The van der Waals surface area contributed by atoms with E-state index in [1.165, 1.54) is 5.75 Å². The third-order valence-electron chi connectivity index (χ3n) is 2.25. The second-order valence-electron chi connectivity index (χ2n) is 3.47. The van der Waals surface area contributed by atoms with Crippen LogP contribution in [0, 0.1) is 0 Å². The Kier molecular flexibility index (Phi) is 5.12. The predicted molar refractivity (Wildman–Crippen MR) is 72.1 cm³/mol. The summed E-state index contributed by atoms with van der Waals surface area (Å²) >= 11 is 7.80. The molecule has 15 heavy (non-hydrogen) atoms. The van der Waals surface area contributed by atoms with Crippen molar-refractivity contribution in [3.05, 3.63) is 23.2 Å². The zero-order chi connectivity index (χ0) is 11.3. The average molecular weight is 245 g/mol. The maximum absolute atomic E-state index is 5.94. The summed E-state index contributed by atoms with van der Waals surface area (Å²) in [6, 6.07) is 5.58. The molecule has 0 aliphatic carbocycles. The van der Waals surface area contributed by atoms with Crippen molar-refractivity contribution in [2.24, 2.45) is 0 Å². The van der Waals surface area contributed by atoms with E-state index in [2.05, 4.69) is 11.2 Å². The van der Waals surface area contributed by atoms with Gasteiger partial charge in [0.2, 0.25) is 0 Å². The van der Waals surface area contributed by atoms with Gasteiger partial charge in [-0.3, -0.25) is 0 Å². The minimum absolute atomic E-state index is 0.732. The Bertz CT molecular complexity index is 317. The lowest BCUT2D eigenvalue weighted by Gasteiger charge is -2.21. The molecule has 2 nitrogen and oxygen atoms in total. The van der Waals surface area contributed by atoms with E-state index in [1.807, 2.05) is 37.0 Å². The summed E-state index contributed by atoms with van der Waals surface area (Å²) in [5.41, 5.74) is 7.69. The average Bonchev–Trinajstić information content (AvgIpc) is 2.22. The van der Waals surface area contributed by atoms with Crippen molar-refractivity contribution < 1.29 is 0 Å². The van der Waals surface area contributed by atoms with Gasteiger partial charge in [0.1, 0.15) is 0 Å². The lowest BCUT2D eigenvalue weighted by Crippen LogP contribution is -2.20. The summed E-state index contributed by atoms with van der Waals surface area (Å²) in [6.07, 6.45) is 3.28. The zero-order valence-electron chi connectivity index (χ0n) is 9.16. The lowest BCUT2D eigenvalue weighted by atomic mass is 10.2. The van der Waals surface area contributed by atoms with Crippen molar-refractivity contribution in [1.82, 2.24) is 0 Å². The first-order valence-corrected chi connectivity index (χ1v) is 6.67. The van der Waals surface area contributed by atoms with Crippen molar-refractivity contribution in [3.63, 3.8) is 0 Å². The van der Waals surface area contributed by atoms with Gasteiger partial charge in [0, 0.05) is 18.6 Å². The summed E-state index contributed by atoms with van der Waals surface area (Å²) in [6.45, 7) is 1.01. The molecule has 0 spiro atoms. The van der Waals surface area contributed by atoms with E-state index in [-0.39, 0.29) is 0 Å². The maximum atomic E-state index is 5.94. The van der Waals surface area contributed by atoms with Crippen LogP contribution in [0.5, 0.6) is 0 Å². The minimum atomic E-state index is 0.732. The van der Waals surface area contributed by atoms with Crippen LogP contribution in [-0.2, 0) is 0 Å². The van der Waals surface area contributed by atoms with E-state index in [0.717, 1.165) is 29.4 Å². The molecule has 0 aromatic heterocycles. The van der Waals surface area contributed by atoms with Gasteiger partial charge in [-0.2, -0.15) is 11.8 Å². The monoisotopic (exact) mass is 244 g/mol. The van der Waals surface area contributed by atoms with Gasteiger partial charge in [-0.05, 0) is 36.6 Å². The third-order valence-corrected chi connectivity index (χ3v) is 3.18. The van der Waals surface area contributed by atoms with Crippen molar-refractivity contribution in [3.8, 4) is 0 Å². The molecule has 1 aromatic carbocycles. The van der Waals surface area contributed by atoms with E-state index in [4.69, 9.17) is 17.3 Å². The molecule has 0 atom stereocenters. The third kappa shape index (κ3) is 3.84. The molecule has 84 valence electrons. The second-order valence-corrected chi connectivity index (χ2v) is 4.89. The molecule has 1 rings (SSSR count). The highest BCUT2D eigenvalue weighted by Crippen LogP contribution is 2.26. The number of nitrogens with zero attached hydrogens (tertiary/aromatic N) is 1. The number of nitrogen functional groups attached to an aromatic ring is 1. The van der Waals surface area contributed by atoms with E-state index in [0.29, 0.717) is 0 Å². The van der Waals surface area contributed by atoms with Gasteiger partial charge >= 0.3 is 0 Å². The van der Waals surface area contributed by atoms with Crippen molar-refractivity contribution >= 4 is 34.7 Å². The Morgan fingerprint density at radius 3 is 2.87 bits per heavy atom. The van der Waals surface area contributed by atoms with Gasteiger partial charge in [-0.15, -0.1) is 0 Å². The summed E-state index contributed by atoms with van der Waals surface area (Å²) < 4.78 is 0. The number of benzene rings is 1. The van der Waals surface area contributed by atoms with Crippen LogP contribution in [-0.4, -0.2) is 25.6 Å². The number of halogens is 1. The van der Waals surface area contributed by atoms with Gasteiger partial charge < -0.3 is 10.6 Å². The van der Waals surface area contributed by atoms with Gasteiger partial charge in [0.05, 0.1) is 11.4 Å². The summed E-state index contributed by atoms with van der Waals surface area (Å²) in [4.78, 5) is 2.15. The number of hydrogen-bond acceptors (Lipinski definition) is 3. The van der Waals surface area contributed by atoms with Crippen LogP contribution in [0.15, 0.2) is 18.2 Å². The Labute approximate surface area is 101 Å². The van der Waals surface area contributed by atoms with Crippen molar-refractivity contribution in [1.29, 1.82) is 0 Å². The predicted octanol–water partition coefficient (Wildman–Crippen LogP) is 3.11. The van der Waals surface area contributed by atoms with Crippen LogP contribution < -0.4 is 10.6 Å². The van der Waals surface area contributed by atoms with Crippen LogP contribution >= 0.6 is 23.4 Å². The first-order valence-electron chi connectivity index (χ1n) is 4.90. The minimum Gasteiger partial charge on any atom is -0.397 e. The van der Waals surface area contributed by atoms with Crippen LogP contribution in [0.2, 0.25) is 5.02 Å². The Hall–Kier alpha value is -0.540. The largest absolute Gasteiger partial charge is 0.397 e. The molecule has 0 bridgehead atoms. The molecule has 0 unspecified atom stereocenters. The number of nitrogens with two attached hydrogens (primary N) is 1. The molecule has 1 aromatic rings. The van der Waals surface area contributed by atoms with Gasteiger partial charge in [-0.1, -0.05) is 11.6 Å². The van der Waals surface area contributed by atoms with Gasteiger partial charge in [-0.25, -0.2) is 0 Å². The van der Waals surface area contributed by atoms with Crippen molar-refractivity contribution in [2.45, 2.75) is 6.42 Å². The Balaban J connectivity index is 2.64. The molecule has 0 aliphatic rings. The first kappa shape index (κ1) is 12.5. The standard InChI is InChI=1S/C11H17ClN2S/c1-14(6-3-7-15-2)11-8-9(12)4-5-10(11)13/h4-5,8H,3,6-7,13H2,1-2H3. The quantitative estimate of drug-likeness (QED) is 0.638. The summed E-state index contributed by atoms with van der Waals surface area (Å²) in [5.74, 6) is 1.17. The number of anilines is 2. The van der Waals surface area contributed by atoms with Crippen molar-refractivity contribution in [2.75, 3.05) is 36.2 Å². The molecule has 0 aliphatic heterocycles. The fourth-order valence-corrected chi connectivity index (χ4v) is 2.00. The second kappa shape index (κ2) is 6.13. The fourth-order valence-electron chi connectivity index (χ4n) is 1.41. The van der Waals surface area contributed by atoms with Gasteiger partial charge in [0.25, 0.3) is 0 Å². The van der Waals surface area contributed by atoms with E-state index < -0.39 is 0 Å². The molecule has 0 saturated carbocycles. The van der Waals surface area contributed by atoms with E-state index in [1.54, 1.807) is 0 Å². The zero-order valence-corrected chi connectivity index (χ0v) is 10.7. The molecule has 0 saturated heterocycles. The van der Waals surface area contributed by atoms with Crippen LogP contribution in [0.4, 0.5) is 11.4 Å². The number of hydrogen-bond donors (Lipinski definition) is 1. The Morgan fingerprint density at radius 1 is 1.47 bits per heavy atom. The van der Waals surface area contributed by atoms with Gasteiger partial charge in [0.15, 0.2) is 0 Å². The van der Waals surface area contributed by atoms with Crippen LogP contribution in [0.25, 0.3) is 0 Å². The normalized spacial score (nSPS) is 10.3. The number of rotatable bonds is 5. The fraction of sp³-hybridized carbons (Fsp3) is 0.455. The molecule has 4 heteroatoms. The highest BCUT2D eigenvalue weighted by atomic mass is 35.5. The van der Waals surface area contributed by atoms with Crippen LogP contribution in [0.1, 0.15) is 6.42 Å². The molecule has 2 N–H and O–H groups in total. The number of thioether (sulfide) groups is 1. The first-order chi connectivity index (χ1) is 7.15. The molecule has 0 amide bonds. The molecule has 0 heterocycles. The molecular formula is C11H17ClN2S. The smallest absolute Gasteiger partial charge is 0.0612 e. The highest BCUT2D eigenvalue weighted by molar-refractivity contribution is 7.98. The maximum Gasteiger partial charge on any atom is 0.0612 e. The Morgan fingerprint density at radius 2 is 2.20 bits per heavy atom. The molecular weight excluding hydrogens is 228 g/mol. The highest BCUT2D eigenvalue weighted by Gasteiger charge is 2.05. The molecule has 0 fully saturated rings. The topological polar surface area (TPSA) is 29.3 Å². The van der Waals surface area contributed by atoms with E-state index >= 15 is 0 Å². The van der Waals surface area contributed by atoms with Crippen LogP contribution in [0.3, 0.4) is 0 Å². The summed E-state index contributed by atoms with van der Waals surface area (Å²) in [5, 5.41) is 0.732.